The number of aryl methyl sites for hydroxylation is 1. The number of hydrogen-bond donors (Lipinski definition) is 1. The van der Waals surface area contributed by atoms with Crippen LogP contribution >= 0.6 is 0 Å². The van der Waals surface area contributed by atoms with Gasteiger partial charge in [-0.3, -0.25) is 19.0 Å². The van der Waals surface area contributed by atoms with Gasteiger partial charge in [-0.25, -0.2) is 9.37 Å². The van der Waals surface area contributed by atoms with Crippen molar-refractivity contribution in [1.82, 2.24) is 9.55 Å². The molecule has 0 radical (unpaired) electrons. The number of carboxylic acid groups (broad SMARTS) is 1. The average molecular weight is 424 g/mol. The lowest BCUT2D eigenvalue weighted by Gasteiger charge is -2.27. The van der Waals surface area contributed by atoms with E-state index < -0.39 is 23.1 Å². The smallest absolute Gasteiger partial charge is 0.307 e. The van der Waals surface area contributed by atoms with Gasteiger partial charge >= 0.3 is 5.97 Å². The van der Waals surface area contributed by atoms with Crippen molar-refractivity contribution in [3.8, 4) is 5.69 Å². The van der Waals surface area contributed by atoms with Crippen LogP contribution in [0.5, 0.6) is 0 Å². The van der Waals surface area contributed by atoms with E-state index in [4.69, 9.17) is 0 Å². The third kappa shape index (κ3) is 4.87. The first-order valence-corrected chi connectivity index (χ1v) is 10.1. The highest BCUT2D eigenvalue weighted by Crippen LogP contribution is 2.30. The van der Waals surface area contributed by atoms with Gasteiger partial charge in [0.05, 0.1) is 22.5 Å². The number of nitrogens with zero attached hydrogens (tertiary/aromatic N) is 2. The molecule has 6 nitrogen and oxygen atoms in total. The van der Waals surface area contributed by atoms with Crippen molar-refractivity contribution in [2.75, 3.05) is 0 Å². The summed E-state index contributed by atoms with van der Waals surface area (Å²) in [4.78, 5) is 40.7. The molecule has 0 saturated carbocycles. The van der Waals surface area contributed by atoms with Gasteiger partial charge in [0, 0.05) is 12.0 Å². The second-order valence-electron chi connectivity index (χ2n) is 8.69. The highest BCUT2D eigenvalue weighted by molar-refractivity contribution is 5.86. The number of carbonyl (C=O) groups excluding carboxylic acids is 1. The van der Waals surface area contributed by atoms with E-state index in [9.17, 15) is 23.9 Å². The van der Waals surface area contributed by atoms with Crippen molar-refractivity contribution >= 4 is 23.2 Å². The first-order valence-electron chi connectivity index (χ1n) is 10.1. The SMILES string of the molecule is CC(C)(C)C(CCCc1nc2cc(C=O)ccc2c(=O)n1-c1ccc(F)cc1)C(=O)O. The van der Waals surface area contributed by atoms with Crippen molar-refractivity contribution in [3.63, 3.8) is 0 Å². The molecule has 3 aromatic rings. The zero-order valence-corrected chi connectivity index (χ0v) is 17.8. The second-order valence-corrected chi connectivity index (χ2v) is 8.69. The molecule has 7 heteroatoms. The molecule has 1 aromatic heterocycles. The minimum absolute atomic E-state index is 0.324. The number of hydrogen-bond acceptors (Lipinski definition) is 4. The molecule has 0 saturated heterocycles. The number of aldehydes is 1. The van der Waals surface area contributed by atoms with E-state index in [1.807, 2.05) is 20.8 Å². The topological polar surface area (TPSA) is 89.3 Å². The van der Waals surface area contributed by atoms with Gasteiger partial charge in [0.15, 0.2) is 0 Å². The maximum Gasteiger partial charge on any atom is 0.307 e. The van der Waals surface area contributed by atoms with E-state index in [1.165, 1.54) is 28.8 Å². The van der Waals surface area contributed by atoms with Crippen LogP contribution in [0.3, 0.4) is 0 Å². The van der Waals surface area contributed by atoms with Crippen LogP contribution < -0.4 is 5.56 Å². The molecule has 1 atom stereocenters. The van der Waals surface area contributed by atoms with Gasteiger partial charge in [0.2, 0.25) is 0 Å². The molecule has 0 amide bonds. The summed E-state index contributed by atoms with van der Waals surface area (Å²) in [7, 11) is 0. The zero-order valence-electron chi connectivity index (χ0n) is 17.8. The lowest BCUT2D eigenvalue weighted by molar-refractivity contribution is -0.145. The Balaban J connectivity index is 2.06. The van der Waals surface area contributed by atoms with Crippen LogP contribution in [0.25, 0.3) is 16.6 Å². The fraction of sp³-hybridized carbons (Fsp3) is 0.333. The molecule has 3 rings (SSSR count). The van der Waals surface area contributed by atoms with E-state index >= 15 is 0 Å². The maximum absolute atomic E-state index is 13.4. The molecule has 0 fully saturated rings. The Bertz CT molecular complexity index is 1180. The van der Waals surface area contributed by atoms with E-state index in [1.54, 1.807) is 18.2 Å². The van der Waals surface area contributed by atoms with E-state index in [0.29, 0.717) is 53.5 Å². The van der Waals surface area contributed by atoms with Crippen LogP contribution in [0.4, 0.5) is 4.39 Å². The Labute approximate surface area is 179 Å². The van der Waals surface area contributed by atoms with Crippen LogP contribution in [0.15, 0.2) is 47.3 Å². The predicted molar refractivity (Wildman–Crippen MR) is 116 cm³/mol. The third-order valence-electron chi connectivity index (χ3n) is 5.42. The monoisotopic (exact) mass is 424 g/mol. The molecule has 0 aliphatic rings. The fourth-order valence-corrected chi connectivity index (χ4v) is 3.74. The van der Waals surface area contributed by atoms with Crippen molar-refractivity contribution < 1.29 is 19.1 Å². The van der Waals surface area contributed by atoms with E-state index in [0.717, 1.165) is 0 Å². The number of benzene rings is 2. The van der Waals surface area contributed by atoms with Crippen LogP contribution in [0, 0.1) is 17.2 Å². The van der Waals surface area contributed by atoms with Crippen LogP contribution in [0.1, 0.15) is 49.8 Å². The Morgan fingerprint density at radius 1 is 1.19 bits per heavy atom. The molecule has 0 aliphatic heterocycles. The molecule has 1 unspecified atom stereocenters. The number of rotatable bonds is 7. The minimum Gasteiger partial charge on any atom is -0.481 e. The lowest BCUT2D eigenvalue weighted by Crippen LogP contribution is -2.29. The van der Waals surface area contributed by atoms with E-state index in [2.05, 4.69) is 4.98 Å². The standard InChI is InChI=1S/C24H25FN2O4/c1-24(2,3)19(23(30)31)5-4-6-21-26-20-13-15(14-28)7-12-18(20)22(29)27(21)17-10-8-16(25)9-11-17/h7-14,19H,4-6H2,1-3H3,(H,30,31). The van der Waals surface area contributed by atoms with Crippen LogP contribution in [0.2, 0.25) is 0 Å². The lowest BCUT2D eigenvalue weighted by atomic mass is 9.78. The van der Waals surface area contributed by atoms with Gasteiger partial charge in [-0.05, 0) is 54.7 Å². The van der Waals surface area contributed by atoms with Crippen molar-refractivity contribution in [2.45, 2.75) is 40.0 Å². The quantitative estimate of drug-likeness (QED) is 0.568. The summed E-state index contributed by atoms with van der Waals surface area (Å²) in [6.45, 7) is 5.65. The molecule has 0 spiro atoms. The summed E-state index contributed by atoms with van der Waals surface area (Å²) >= 11 is 0. The fourth-order valence-electron chi connectivity index (χ4n) is 3.74. The van der Waals surface area contributed by atoms with Gasteiger partial charge in [0.25, 0.3) is 5.56 Å². The van der Waals surface area contributed by atoms with E-state index in [-0.39, 0.29) is 5.56 Å². The summed E-state index contributed by atoms with van der Waals surface area (Å²) in [6, 6.07) is 10.2. The minimum atomic E-state index is -0.856. The molecular formula is C24H25FN2O4. The van der Waals surface area contributed by atoms with Crippen LogP contribution in [-0.2, 0) is 11.2 Å². The molecular weight excluding hydrogens is 399 g/mol. The maximum atomic E-state index is 13.4. The largest absolute Gasteiger partial charge is 0.481 e. The molecule has 2 aromatic carbocycles. The molecule has 0 aliphatic carbocycles. The predicted octanol–water partition coefficient (Wildman–Crippen LogP) is 4.41. The normalized spacial score (nSPS) is 12.6. The number of aliphatic carboxylic acids is 1. The van der Waals surface area contributed by atoms with Gasteiger partial charge in [-0.2, -0.15) is 0 Å². The number of halogens is 1. The summed E-state index contributed by atoms with van der Waals surface area (Å²) in [5.41, 5.74) is 0.547. The molecule has 162 valence electrons. The third-order valence-corrected chi connectivity index (χ3v) is 5.42. The summed E-state index contributed by atoms with van der Waals surface area (Å²) in [5.74, 6) is -1.38. The zero-order chi connectivity index (χ0) is 22.8. The number of fused-ring (bicyclic) bond motifs is 1. The summed E-state index contributed by atoms with van der Waals surface area (Å²) < 4.78 is 14.9. The Morgan fingerprint density at radius 2 is 1.87 bits per heavy atom. The molecule has 1 N–H and O–H groups in total. The van der Waals surface area contributed by atoms with Crippen LogP contribution in [-0.4, -0.2) is 26.9 Å². The molecule has 1 heterocycles. The highest BCUT2D eigenvalue weighted by atomic mass is 19.1. The van der Waals surface area contributed by atoms with Crippen molar-refractivity contribution in [3.05, 3.63) is 70.0 Å². The molecule has 0 bridgehead atoms. The highest BCUT2D eigenvalue weighted by Gasteiger charge is 2.30. The first-order chi connectivity index (χ1) is 14.6. The Kier molecular flexibility index (Phi) is 6.34. The first kappa shape index (κ1) is 22.3. The number of carbonyl (C=O) groups is 2. The number of carboxylic acids is 1. The van der Waals surface area contributed by atoms with Crippen molar-refractivity contribution in [2.24, 2.45) is 11.3 Å². The Hall–Kier alpha value is -3.35. The summed E-state index contributed by atoms with van der Waals surface area (Å²) in [5, 5.41) is 9.91. The van der Waals surface area contributed by atoms with Gasteiger partial charge in [-0.1, -0.05) is 26.8 Å². The molecule has 31 heavy (non-hydrogen) atoms. The van der Waals surface area contributed by atoms with Gasteiger partial charge in [-0.15, -0.1) is 0 Å². The van der Waals surface area contributed by atoms with Crippen molar-refractivity contribution in [1.29, 1.82) is 0 Å². The second kappa shape index (κ2) is 8.79. The summed E-state index contributed by atoms with van der Waals surface area (Å²) in [6.07, 6.45) is 1.96. The Morgan fingerprint density at radius 3 is 2.45 bits per heavy atom. The van der Waals surface area contributed by atoms with Gasteiger partial charge in [0.1, 0.15) is 17.9 Å². The number of aromatic nitrogens is 2. The average Bonchev–Trinajstić information content (AvgIpc) is 2.70. The van der Waals surface area contributed by atoms with Gasteiger partial charge < -0.3 is 5.11 Å².